The lowest BCUT2D eigenvalue weighted by Crippen LogP contribution is -2.22. The molecule has 0 saturated heterocycles. The van der Waals surface area contributed by atoms with E-state index < -0.39 is 0 Å². The van der Waals surface area contributed by atoms with Gasteiger partial charge in [-0.25, -0.2) is 4.98 Å². The molecular weight excluding hydrogens is 266 g/mol. The Morgan fingerprint density at radius 2 is 1.81 bits per heavy atom. The van der Waals surface area contributed by atoms with E-state index in [0.29, 0.717) is 31.7 Å². The van der Waals surface area contributed by atoms with Crippen molar-refractivity contribution in [3.8, 4) is 11.6 Å². The van der Waals surface area contributed by atoms with Crippen LogP contribution < -0.4 is 14.8 Å². The summed E-state index contributed by atoms with van der Waals surface area (Å²) in [5.74, 6) is 1.36. The van der Waals surface area contributed by atoms with Crippen LogP contribution in [0.5, 0.6) is 11.6 Å². The van der Waals surface area contributed by atoms with Crippen molar-refractivity contribution in [2.24, 2.45) is 0 Å². The van der Waals surface area contributed by atoms with Gasteiger partial charge in [0.2, 0.25) is 5.88 Å². The van der Waals surface area contributed by atoms with Crippen molar-refractivity contribution in [3.05, 3.63) is 48.4 Å². The fourth-order valence-electron chi connectivity index (χ4n) is 1.67. The smallest absolute Gasteiger partial charge is 0.232 e. The molecule has 0 bridgehead atoms. The predicted molar refractivity (Wildman–Crippen MR) is 81.4 cm³/mol. The molecule has 5 nitrogen and oxygen atoms in total. The van der Waals surface area contributed by atoms with Gasteiger partial charge >= 0.3 is 0 Å². The maximum absolute atomic E-state index is 5.55. The molecule has 0 aliphatic carbocycles. The van der Waals surface area contributed by atoms with Crippen molar-refractivity contribution in [1.29, 1.82) is 0 Å². The molecular formula is C16H21N3O2. The van der Waals surface area contributed by atoms with Gasteiger partial charge in [0.15, 0.2) is 0 Å². The van der Waals surface area contributed by atoms with E-state index in [9.17, 15) is 0 Å². The minimum absolute atomic E-state index is 0.413. The molecule has 21 heavy (non-hydrogen) atoms. The quantitative estimate of drug-likeness (QED) is 0.756. The van der Waals surface area contributed by atoms with Gasteiger partial charge in [0.25, 0.3) is 0 Å². The molecule has 0 radical (unpaired) electrons. The van der Waals surface area contributed by atoms with E-state index >= 15 is 0 Å². The number of aromatic nitrogens is 2. The fourth-order valence-corrected chi connectivity index (χ4v) is 1.67. The number of hydrogen-bond acceptors (Lipinski definition) is 5. The highest BCUT2D eigenvalue weighted by Gasteiger charge is 2.01. The molecule has 1 aromatic carbocycles. The first kappa shape index (κ1) is 15.3. The van der Waals surface area contributed by atoms with Crippen LogP contribution in [0.1, 0.15) is 19.5 Å². The van der Waals surface area contributed by atoms with Crippen molar-refractivity contribution < 1.29 is 9.47 Å². The first-order chi connectivity index (χ1) is 10.2. The third-order valence-corrected chi connectivity index (χ3v) is 2.70. The number of rotatable bonds is 8. The number of ether oxygens (including phenoxy) is 2. The van der Waals surface area contributed by atoms with Gasteiger partial charge in [-0.15, -0.1) is 0 Å². The molecule has 2 aromatic rings. The number of nitrogens with one attached hydrogen (secondary N) is 1. The topological polar surface area (TPSA) is 56.3 Å². The second kappa shape index (κ2) is 8.21. The third-order valence-electron chi connectivity index (χ3n) is 2.70. The molecule has 0 atom stereocenters. The zero-order valence-electron chi connectivity index (χ0n) is 12.5. The van der Waals surface area contributed by atoms with Crippen LogP contribution in [0.25, 0.3) is 0 Å². The molecule has 112 valence electrons. The molecule has 2 rings (SSSR count). The zero-order valence-corrected chi connectivity index (χ0v) is 12.5. The minimum atomic E-state index is 0.413. The van der Waals surface area contributed by atoms with E-state index in [0.717, 1.165) is 11.4 Å². The normalized spacial score (nSPS) is 10.6. The van der Waals surface area contributed by atoms with Crippen molar-refractivity contribution in [3.63, 3.8) is 0 Å². The van der Waals surface area contributed by atoms with Crippen LogP contribution in [-0.2, 0) is 6.54 Å². The summed E-state index contributed by atoms with van der Waals surface area (Å²) in [5.41, 5.74) is 0.866. The van der Waals surface area contributed by atoms with Crippen molar-refractivity contribution in [2.45, 2.75) is 26.4 Å². The minimum Gasteiger partial charge on any atom is -0.490 e. The average molecular weight is 287 g/mol. The number of para-hydroxylation sites is 1. The van der Waals surface area contributed by atoms with Gasteiger partial charge in [0.1, 0.15) is 19.0 Å². The molecule has 1 aromatic heterocycles. The Bertz CT molecular complexity index is 532. The van der Waals surface area contributed by atoms with Crippen LogP contribution in [-0.4, -0.2) is 29.2 Å². The summed E-state index contributed by atoms with van der Waals surface area (Å²) >= 11 is 0. The number of benzene rings is 1. The first-order valence-corrected chi connectivity index (χ1v) is 7.09. The van der Waals surface area contributed by atoms with Crippen LogP contribution in [0.4, 0.5) is 0 Å². The molecule has 0 unspecified atom stereocenters. The summed E-state index contributed by atoms with van der Waals surface area (Å²) in [6, 6.07) is 10.1. The fraction of sp³-hybridized carbons (Fsp3) is 0.375. The summed E-state index contributed by atoms with van der Waals surface area (Å²) in [6.45, 7) is 5.77. The average Bonchev–Trinajstić information content (AvgIpc) is 2.51. The molecule has 1 heterocycles. The largest absolute Gasteiger partial charge is 0.490 e. The van der Waals surface area contributed by atoms with Crippen molar-refractivity contribution >= 4 is 0 Å². The number of hydrogen-bond donors (Lipinski definition) is 1. The lowest BCUT2D eigenvalue weighted by Gasteiger charge is -2.09. The Morgan fingerprint density at radius 1 is 1.05 bits per heavy atom. The van der Waals surface area contributed by atoms with Crippen molar-refractivity contribution in [2.75, 3.05) is 13.2 Å². The molecule has 0 aliphatic rings. The summed E-state index contributed by atoms with van der Waals surface area (Å²) in [6.07, 6.45) is 3.35. The summed E-state index contributed by atoms with van der Waals surface area (Å²) < 4.78 is 11.1. The molecule has 0 spiro atoms. The van der Waals surface area contributed by atoms with Crippen LogP contribution in [0.3, 0.4) is 0 Å². The predicted octanol–water partition coefficient (Wildman–Crippen LogP) is 2.43. The first-order valence-electron chi connectivity index (χ1n) is 7.09. The summed E-state index contributed by atoms with van der Waals surface area (Å²) in [5, 5.41) is 3.30. The highest BCUT2D eigenvalue weighted by atomic mass is 16.5. The highest BCUT2D eigenvalue weighted by Crippen LogP contribution is 2.09. The Labute approximate surface area is 125 Å². The summed E-state index contributed by atoms with van der Waals surface area (Å²) in [4.78, 5) is 8.52. The Kier molecular flexibility index (Phi) is 5.97. The molecule has 1 N–H and O–H groups in total. The van der Waals surface area contributed by atoms with Crippen molar-refractivity contribution in [1.82, 2.24) is 15.3 Å². The van der Waals surface area contributed by atoms with Gasteiger partial charge < -0.3 is 14.8 Å². The third kappa shape index (κ3) is 5.79. The van der Waals surface area contributed by atoms with Gasteiger partial charge in [-0.1, -0.05) is 32.0 Å². The maximum atomic E-state index is 5.55. The lowest BCUT2D eigenvalue weighted by molar-refractivity contribution is 0.211. The molecule has 5 heteroatoms. The van der Waals surface area contributed by atoms with E-state index in [4.69, 9.17) is 9.47 Å². The standard InChI is InChI=1S/C16H21N3O2/c1-13(2)18-11-14-10-17-12-16(19-14)21-9-8-20-15-6-4-3-5-7-15/h3-7,10,12-13,18H,8-9,11H2,1-2H3. The Balaban J connectivity index is 1.74. The van der Waals surface area contributed by atoms with Gasteiger partial charge in [0.05, 0.1) is 11.9 Å². The van der Waals surface area contributed by atoms with Gasteiger partial charge in [0, 0.05) is 18.8 Å². The highest BCUT2D eigenvalue weighted by molar-refractivity contribution is 5.20. The van der Waals surface area contributed by atoms with Crippen LogP contribution in [0, 0.1) is 0 Å². The second-order valence-electron chi connectivity index (χ2n) is 4.89. The van der Waals surface area contributed by atoms with E-state index in [2.05, 4.69) is 29.1 Å². The Hall–Kier alpha value is -2.14. The monoisotopic (exact) mass is 287 g/mol. The number of nitrogens with zero attached hydrogens (tertiary/aromatic N) is 2. The van der Waals surface area contributed by atoms with E-state index in [1.807, 2.05) is 30.3 Å². The van der Waals surface area contributed by atoms with Crippen LogP contribution in [0.15, 0.2) is 42.7 Å². The SMILES string of the molecule is CC(C)NCc1cncc(OCCOc2ccccc2)n1. The van der Waals surface area contributed by atoms with Gasteiger partial charge in [-0.2, -0.15) is 0 Å². The molecule has 0 aliphatic heterocycles. The second-order valence-corrected chi connectivity index (χ2v) is 4.89. The van der Waals surface area contributed by atoms with Gasteiger partial charge in [-0.3, -0.25) is 4.98 Å². The molecule has 0 saturated carbocycles. The van der Waals surface area contributed by atoms with E-state index in [1.54, 1.807) is 12.4 Å². The Morgan fingerprint density at radius 3 is 2.57 bits per heavy atom. The van der Waals surface area contributed by atoms with Crippen LogP contribution in [0.2, 0.25) is 0 Å². The molecule has 0 fully saturated rings. The lowest BCUT2D eigenvalue weighted by atomic mass is 10.3. The van der Waals surface area contributed by atoms with E-state index in [1.165, 1.54) is 0 Å². The van der Waals surface area contributed by atoms with Crippen LogP contribution >= 0.6 is 0 Å². The molecule has 0 amide bonds. The zero-order chi connectivity index (χ0) is 14.9. The van der Waals surface area contributed by atoms with Gasteiger partial charge in [-0.05, 0) is 12.1 Å². The summed E-state index contributed by atoms with van der Waals surface area (Å²) in [7, 11) is 0. The maximum Gasteiger partial charge on any atom is 0.232 e. The van der Waals surface area contributed by atoms with E-state index in [-0.39, 0.29) is 0 Å².